The molecule has 2 N–H and O–H groups in total. The van der Waals surface area contributed by atoms with Crippen molar-refractivity contribution >= 4 is 5.97 Å². The van der Waals surface area contributed by atoms with Crippen molar-refractivity contribution in [1.82, 2.24) is 0 Å². The topological polar surface area (TPSA) is 113 Å². The summed E-state index contributed by atoms with van der Waals surface area (Å²) in [5.74, 6) is 0.322. The minimum absolute atomic E-state index is 0.0233. The summed E-state index contributed by atoms with van der Waals surface area (Å²) < 4.78 is 34.0. The number of fused-ring (bicyclic) bond motifs is 4. The number of aromatic hydroxyl groups is 1. The Kier molecular flexibility index (Phi) is 6.70. The highest BCUT2D eigenvalue weighted by molar-refractivity contribution is 5.90. The molecule has 1 heterocycles. The van der Waals surface area contributed by atoms with Gasteiger partial charge in [0.05, 0.1) is 21.3 Å². The summed E-state index contributed by atoms with van der Waals surface area (Å²) in [6.07, 6.45) is 0.827. The van der Waals surface area contributed by atoms with Gasteiger partial charge in [0.1, 0.15) is 5.60 Å². The maximum absolute atomic E-state index is 12.9. The smallest absolute Gasteiger partial charge is 0.334 e. The lowest BCUT2D eigenvalue weighted by atomic mass is 9.73. The average Bonchev–Trinajstić information content (AvgIpc) is 3.33. The molecule has 2 aliphatic rings. The van der Waals surface area contributed by atoms with Crippen LogP contribution in [-0.2, 0) is 16.0 Å². The number of phenols is 1. The highest BCUT2D eigenvalue weighted by atomic mass is 16.7. The van der Waals surface area contributed by atoms with Gasteiger partial charge in [-0.2, -0.15) is 0 Å². The van der Waals surface area contributed by atoms with Crippen LogP contribution in [0.15, 0.2) is 23.8 Å². The molecule has 2 aromatic rings. The second kappa shape index (κ2) is 9.46. The van der Waals surface area contributed by atoms with Crippen LogP contribution in [0.1, 0.15) is 44.9 Å². The Morgan fingerprint density at radius 2 is 1.81 bits per heavy atom. The van der Waals surface area contributed by atoms with E-state index < -0.39 is 23.6 Å². The van der Waals surface area contributed by atoms with E-state index in [4.69, 9.17) is 28.4 Å². The van der Waals surface area contributed by atoms with E-state index in [1.54, 1.807) is 32.9 Å². The molecule has 3 unspecified atom stereocenters. The lowest BCUT2D eigenvalue weighted by Gasteiger charge is -2.41. The maximum atomic E-state index is 12.9. The number of allylic oxidation sites excluding steroid dienone is 1. The van der Waals surface area contributed by atoms with Crippen LogP contribution >= 0.6 is 0 Å². The fraction of sp³-hybridized carbons (Fsp3) is 0.444. The van der Waals surface area contributed by atoms with E-state index in [9.17, 15) is 15.0 Å². The molecule has 0 radical (unpaired) electrons. The Hall–Kier alpha value is -3.59. The van der Waals surface area contributed by atoms with Crippen LogP contribution in [0, 0.1) is 5.92 Å². The van der Waals surface area contributed by atoms with Gasteiger partial charge in [-0.3, -0.25) is 0 Å². The van der Waals surface area contributed by atoms with Crippen LogP contribution in [0.2, 0.25) is 0 Å². The molecule has 0 bridgehead atoms. The minimum atomic E-state index is -1.54. The Balaban J connectivity index is 2.14. The second-order valence-corrected chi connectivity index (χ2v) is 9.19. The molecule has 194 valence electrons. The number of methoxy groups -OCH3 is 3. The highest BCUT2D eigenvalue weighted by Crippen LogP contribution is 2.58. The summed E-state index contributed by atoms with van der Waals surface area (Å²) in [6.45, 7) is 6.88. The Labute approximate surface area is 210 Å². The SMILES string of the molecule is CC=C(C)C(=O)OC1c2cc(OC)c(OC)c(O)c2-c2c(cc3c(c2OC)OCO3)CC(C)C1(C)O. The number of rotatable bonds is 5. The van der Waals surface area contributed by atoms with Crippen LogP contribution < -0.4 is 23.7 Å². The van der Waals surface area contributed by atoms with Gasteiger partial charge < -0.3 is 38.6 Å². The number of aliphatic hydroxyl groups is 1. The first-order chi connectivity index (χ1) is 17.1. The van der Waals surface area contributed by atoms with Crippen molar-refractivity contribution in [3.8, 4) is 45.6 Å². The summed E-state index contributed by atoms with van der Waals surface area (Å²) >= 11 is 0. The molecule has 0 saturated heterocycles. The third kappa shape index (κ3) is 3.87. The average molecular weight is 501 g/mol. The summed E-state index contributed by atoms with van der Waals surface area (Å²) in [6, 6.07) is 3.43. The van der Waals surface area contributed by atoms with Gasteiger partial charge in [-0.05, 0) is 50.8 Å². The van der Waals surface area contributed by atoms with Crippen LogP contribution in [0.3, 0.4) is 0 Å². The van der Waals surface area contributed by atoms with Crippen molar-refractivity contribution in [2.75, 3.05) is 28.1 Å². The minimum Gasteiger partial charge on any atom is -0.504 e. The summed E-state index contributed by atoms with van der Waals surface area (Å²) in [7, 11) is 4.35. The van der Waals surface area contributed by atoms with Crippen LogP contribution in [-0.4, -0.2) is 49.9 Å². The van der Waals surface area contributed by atoms with E-state index in [1.165, 1.54) is 21.3 Å². The molecule has 9 nitrogen and oxygen atoms in total. The zero-order valence-corrected chi connectivity index (χ0v) is 21.6. The normalized spacial score (nSPS) is 22.6. The van der Waals surface area contributed by atoms with Crippen LogP contribution in [0.5, 0.6) is 34.5 Å². The molecule has 1 aliphatic heterocycles. The number of phenolic OH excluding ortho intramolecular Hbond substituents is 1. The number of hydrogen-bond acceptors (Lipinski definition) is 9. The molecule has 0 saturated carbocycles. The van der Waals surface area contributed by atoms with Gasteiger partial charge in [-0.15, -0.1) is 0 Å². The molecule has 0 amide bonds. The van der Waals surface area contributed by atoms with E-state index in [0.29, 0.717) is 40.4 Å². The fourth-order valence-corrected chi connectivity index (χ4v) is 4.77. The van der Waals surface area contributed by atoms with Gasteiger partial charge in [0.15, 0.2) is 29.1 Å². The third-order valence-electron chi connectivity index (χ3n) is 7.15. The summed E-state index contributed by atoms with van der Waals surface area (Å²) in [4.78, 5) is 12.9. The van der Waals surface area contributed by atoms with E-state index in [0.717, 1.165) is 5.56 Å². The predicted molar refractivity (Wildman–Crippen MR) is 131 cm³/mol. The molecule has 0 aromatic heterocycles. The molecule has 0 fully saturated rings. The van der Waals surface area contributed by atoms with E-state index in [-0.39, 0.29) is 29.6 Å². The lowest BCUT2D eigenvalue weighted by Crippen LogP contribution is -2.43. The second-order valence-electron chi connectivity index (χ2n) is 9.19. The van der Waals surface area contributed by atoms with Crippen LogP contribution in [0.4, 0.5) is 0 Å². The fourth-order valence-electron chi connectivity index (χ4n) is 4.77. The number of carbonyl (C=O) groups excluding carboxylic acids is 1. The van der Waals surface area contributed by atoms with Gasteiger partial charge >= 0.3 is 5.97 Å². The molecule has 0 spiro atoms. The molecular formula is C27H32O9. The number of esters is 1. The van der Waals surface area contributed by atoms with Crippen molar-refractivity contribution in [3.63, 3.8) is 0 Å². The first-order valence-corrected chi connectivity index (χ1v) is 11.6. The molecule has 1 aliphatic carbocycles. The highest BCUT2D eigenvalue weighted by Gasteiger charge is 2.47. The zero-order chi connectivity index (χ0) is 26.4. The quantitative estimate of drug-likeness (QED) is 0.458. The maximum Gasteiger partial charge on any atom is 0.334 e. The molecule has 2 aromatic carbocycles. The van der Waals surface area contributed by atoms with E-state index in [1.807, 2.05) is 13.0 Å². The molecular weight excluding hydrogens is 468 g/mol. The monoisotopic (exact) mass is 500 g/mol. The Bertz CT molecular complexity index is 1230. The van der Waals surface area contributed by atoms with Crippen LogP contribution in [0.25, 0.3) is 11.1 Å². The summed E-state index contributed by atoms with van der Waals surface area (Å²) in [5.41, 5.74) is 0.737. The Morgan fingerprint density at radius 1 is 1.11 bits per heavy atom. The van der Waals surface area contributed by atoms with Gasteiger partial charge in [0, 0.05) is 22.3 Å². The third-order valence-corrected chi connectivity index (χ3v) is 7.15. The predicted octanol–water partition coefficient (Wildman–Crippen LogP) is 4.31. The first kappa shape index (κ1) is 25.5. The van der Waals surface area contributed by atoms with Crippen molar-refractivity contribution in [2.45, 2.75) is 45.8 Å². The molecule has 4 rings (SSSR count). The zero-order valence-electron chi connectivity index (χ0n) is 21.6. The van der Waals surface area contributed by atoms with Crippen molar-refractivity contribution < 1.29 is 43.4 Å². The molecule has 3 atom stereocenters. The standard InChI is InChI=1S/C27H32O9/c1-8-13(2)26(29)36-25-16-11-17(31-5)22(32-6)21(28)20(16)19-15(9-14(3)27(25,4)30)10-18-23(24(19)33-7)35-12-34-18/h8,10-11,14,25,28,30H,9,12H2,1-7H3. The van der Waals surface area contributed by atoms with E-state index in [2.05, 4.69) is 0 Å². The van der Waals surface area contributed by atoms with Gasteiger partial charge in [-0.25, -0.2) is 4.79 Å². The Morgan fingerprint density at radius 3 is 2.42 bits per heavy atom. The number of ether oxygens (including phenoxy) is 6. The van der Waals surface area contributed by atoms with Gasteiger partial charge in [0.2, 0.25) is 18.3 Å². The molecule has 9 heteroatoms. The van der Waals surface area contributed by atoms with Crippen molar-refractivity contribution in [1.29, 1.82) is 0 Å². The van der Waals surface area contributed by atoms with Gasteiger partial charge in [-0.1, -0.05) is 13.0 Å². The van der Waals surface area contributed by atoms with Gasteiger partial charge in [0.25, 0.3) is 0 Å². The summed E-state index contributed by atoms with van der Waals surface area (Å²) in [5, 5.41) is 23.4. The number of carbonyl (C=O) groups is 1. The number of benzene rings is 2. The first-order valence-electron chi connectivity index (χ1n) is 11.6. The van der Waals surface area contributed by atoms with Crippen molar-refractivity contribution in [3.05, 3.63) is 34.9 Å². The largest absolute Gasteiger partial charge is 0.504 e. The molecule has 36 heavy (non-hydrogen) atoms. The van der Waals surface area contributed by atoms with E-state index >= 15 is 0 Å². The number of hydrogen-bond donors (Lipinski definition) is 2. The lowest BCUT2D eigenvalue weighted by molar-refractivity contribution is -0.166. The van der Waals surface area contributed by atoms with Crippen molar-refractivity contribution in [2.24, 2.45) is 5.92 Å².